The molecule has 1 N–H and O–H groups in total. The standard InChI is InChI=1S/C37H48ClN3O6S/c1-36(2)35(42)39-48(43,44)29-11-14-34-32(22-29)41(24-37(25-46-34)15-5-7-26-21-28(38)10-13-31(26)37)23-27-9-12-30(27)33(8-6-19-47-36)45-20-18-40-16-3-4-17-40/h6,8,10-11,13-14,21-22,27,30,33H,3-5,7,9,12,15-20,23-25H2,1-2H3,(H,39,42)/b8-6+/t27-,30+,33+,37-/m0/s1. The summed E-state index contributed by atoms with van der Waals surface area (Å²) in [7, 11) is -4.18. The van der Waals surface area contributed by atoms with Gasteiger partial charge in [-0.15, -0.1) is 0 Å². The minimum absolute atomic E-state index is 0.0195. The molecule has 1 saturated heterocycles. The van der Waals surface area contributed by atoms with Crippen LogP contribution in [0.1, 0.15) is 63.5 Å². The highest BCUT2D eigenvalue weighted by atomic mass is 35.5. The maximum Gasteiger partial charge on any atom is 0.265 e. The van der Waals surface area contributed by atoms with Crippen LogP contribution < -0.4 is 14.4 Å². The van der Waals surface area contributed by atoms with E-state index in [1.165, 1.54) is 30.0 Å². The molecule has 1 amide bonds. The smallest absolute Gasteiger partial charge is 0.265 e. The van der Waals surface area contributed by atoms with Crippen LogP contribution in [0.4, 0.5) is 5.69 Å². The molecule has 260 valence electrons. The van der Waals surface area contributed by atoms with Crippen molar-refractivity contribution in [2.45, 2.75) is 80.8 Å². The van der Waals surface area contributed by atoms with Crippen molar-refractivity contribution < 1.29 is 27.4 Å². The van der Waals surface area contributed by atoms with Crippen molar-refractivity contribution in [3.63, 3.8) is 0 Å². The largest absolute Gasteiger partial charge is 0.490 e. The van der Waals surface area contributed by atoms with Gasteiger partial charge in [0.1, 0.15) is 11.4 Å². The third kappa shape index (κ3) is 6.88. The van der Waals surface area contributed by atoms with Crippen LogP contribution in [0.3, 0.4) is 0 Å². The molecule has 1 spiro atoms. The van der Waals surface area contributed by atoms with Crippen LogP contribution in [0.25, 0.3) is 0 Å². The van der Waals surface area contributed by atoms with Crippen LogP contribution in [-0.2, 0) is 36.1 Å². The fraction of sp³-hybridized carbons (Fsp3) is 0.595. The summed E-state index contributed by atoms with van der Waals surface area (Å²) in [6, 6.07) is 11.1. The zero-order chi connectivity index (χ0) is 33.5. The second-order valence-corrected chi connectivity index (χ2v) is 16.9. The number of ether oxygens (including phenoxy) is 3. The quantitative estimate of drug-likeness (QED) is 0.419. The van der Waals surface area contributed by atoms with Crippen LogP contribution >= 0.6 is 11.6 Å². The van der Waals surface area contributed by atoms with Crippen molar-refractivity contribution >= 4 is 33.2 Å². The molecule has 2 aromatic rings. The van der Waals surface area contributed by atoms with E-state index in [1.807, 2.05) is 12.1 Å². The van der Waals surface area contributed by atoms with E-state index in [0.29, 0.717) is 37.3 Å². The van der Waals surface area contributed by atoms with Crippen LogP contribution in [0, 0.1) is 11.8 Å². The van der Waals surface area contributed by atoms with E-state index in [9.17, 15) is 13.2 Å². The Labute approximate surface area is 290 Å². The molecule has 48 heavy (non-hydrogen) atoms. The number of nitrogens with one attached hydrogen (secondary N) is 1. The average molecular weight is 698 g/mol. The van der Waals surface area contributed by atoms with Crippen LogP contribution in [0.15, 0.2) is 53.4 Å². The number of amides is 1. The lowest BCUT2D eigenvalue weighted by atomic mass is 9.68. The topological polar surface area (TPSA) is 97.4 Å². The summed E-state index contributed by atoms with van der Waals surface area (Å²) in [5.41, 5.74) is 1.60. The monoisotopic (exact) mass is 697 g/mol. The van der Waals surface area contributed by atoms with Crippen LogP contribution in [-0.4, -0.2) is 83.5 Å². The number of hydrogen-bond acceptors (Lipinski definition) is 8. The molecule has 7 rings (SSSR count). The molecule has 2 bridgehead atoms. The Morgan fingerprint density at radius 3 is 2.71 bits per heavy atom. The first-order valence-electron chi connectivity index (χ1n) is 17.6. The van der Waals surface area contributed by atoms with E-state index in [1.54, 1.807) is 26.0 Å². The number of rotatable bonds is 4. The third-order valence-corrected chi connectivity index (χ3v) is 12.8. The van der Waals surface area contributed by atoms with Crippen molar-refractivity contribution in [1.29, 1.82) is 0 Å². The first kappa shape index (κ1) is 33.8. The van der Waals surface area contributed by atoms with E-state index in [2.05, 4.69) is 32.7 Å². The van der Waals surface area contributed by atoms with E-state index in [0.717, 1.165) is 69.0 Å². The predicted octanol–water partition coefficient (Wildman–Crippen LogP) is 5.49. The Bertz CT molecular complexity index is 1660. The summed E-state index contributed by atoms with van der Waals surface area (Å²) in [6.45, 7) is 9.09. The van der Waals surface area contributed by atoms with Gasteiger partial charge in [-0.2, -0.15) is 0 Å². The molecule has 1 saturated carbocycles. The summed E-state index contributed by atoms with van der Waals surface area (Å²) in [4.78, 5) is 18.1. The van der Waals surface area contributed by atoms with E-state index >= 15 is 0 Å². The molecular formula is C37H48ClN3O6S. The first-order chi connectivity index (χ1) is 23.0. The summed E-state index contributed by atoms with van der Waals surface area (Å²) < 4.78 is 48.7. The van der Waals surface area contributed by atoms with Gasteiger partial charge in [-0.25, -0.2) is 13.1 Å². The van der Waals surface area contributed by atoms with Crippen molar-refractivity contribution in [1.82, 2.24) is 9.62 Å². The van der Waals surface area contributed by atoms with Gasteiger partial charge < -0.3 is 24.0 Å². The van der Waals surface area contributed by atoms with E-state index in [4.69, 9.17) is 25.8 Å². The van der Waals surface area contributed by atoms with E-state index in [-0.39, 0.29) is 23.0 Å². The van der Waals surface area contributed by atoms with Gasteiger partial charge in [0.2, 0.25) is 0 Å². The fourth-order valence-corrected chi connectivity index (χ4v) is 9.58. The molecule has 0 unspecified atom stereocenters. The molecule has 5 aliphatic rings. The fourth-order valence-electron chi connectivity index (χ4n) is 8.26. The summed E-state index contributed by atoms with van der Waals surface area (Å²) in [6.07, 6.45) is 11.5. The van der Waals surface area contributed by atoms with Gasteiger partial charge in [-0.3, -0.25) is 4.79 Å². The Morgan fingerprint density at radius 2 is 1.92 bits per heavy atom. The number of benzene rings is 2. The lowest BCUT2D eigenvalue weighted by molar-refractivity contribution is -0.139. The van der Waals surface area contributed by atoms with Crippen LogP contribution in [0.5, 0.6) is 5.75 Å². The number of carbonyl (C=O) groups is 1. The number of nitrogens with zero attached hydrogens (tertiary/aromatic N) is 2. The SMILES string of the molecule is CC1(C)OC/C=C/[C@@H](OCCN2CCCC2)[C@@H]2CC[C@H]2CN2C[C@@]3(CCCc4cc(Cl)ccc43)COc3ccc(cc32)S(=O)(=O)NC1=O. The molecule has 11 heteroatoms. The number of hydrogen-bond donors (Lipinski definition) is 1. The lowest BCUT2D eigenvalue weighted by Crippen LogP contribution is -2.50. The summed E-state index contributed by atoms with van der Waals surface area (Å²) in [5.74, 6) is 0.571. The average Bonchev–Trinajstić information content (AvgIpc) is 3.51. The summed E-state index contributed by atoms with van der Waals surface area (Å²) >= 11 is 6.45. The van der Waals surface area contributed by atoms with Crippen molar-refractivity contribution in [3.05, 3.63) is 64.7 Å². The molecule has 0 aromatic heterocycles. The second kappa shape index (κ2) is 13.6. The number of sulfonamides is 1. The number of aryl methyl sites for hydroxylation is 1. The molecule has 3 heterocycles. The van der Waals surface area contributed by atoms with Crippen molar-refractivity contribution in [2.24, 2.45) is 11.8 Å². The van der Waals surface area contributed by atoms with Crippen molar-refractivity contribution in [3.8, 4) is 5.75 Å². The summed E-state index contributed by atoms with van der Waals surface area (Å²) in [5, 5.41) is 0.736. The molecule has 9 nitrogen and oxygen atoms in total. The molecule has 2 aliphatic carbocycles. The third-order valence-electron chi connectivity index (χ3n) is 11.2. The van der Waals surface area contributed by atoms with Gasteiger partial charge >= 0.3 is 0 Å². The first-order valence-corrected chi connectivity index (χ1v) is 19.4. The molecule has 4 atom stereocenters. The minimum Gasteiger partial charge on any atom is -0.490 e. The molecular weight excluding hydrogens is 650 g/mol. The normalized spacial score (nSPS) is 30.7. The van der Waals surface area contributed by atoms with Crippen LogP contribution in [0.2, 0.25) is 5.02 Å². The number of likely N-dealkylation sites (tertiary alicyclic amines) is 1. The van der Waals surface area contributed by atoms with Gasteiger partial charge in [-0.05, 0) is 125 Å². The highest BCUT2D eigenvalue weighted by molar-refractivity contribution is 7.90. The van der Waals surface area contributed by atoms with Gasteiger partial charge in [0.15, 0.2) is 0 Å². The number of anilines is 1. The Morgan fingerprint density at radius 1 is 1.08 bits per heavy atom. The second-order valence-electron chi connectivity index (χ2n) is 14.8. The van der Waals surface area contributed by atoms with Gasteiger partial charge in [0.25, 0.3) is 15.9 Å². The van der Waals surface area contributed by atoms with Gasteiger partial charge in [-0.1, -0.05) is 29.8 Å². The molecule has 0 radical (unpaired) electrons. The zero-order valence-corrected chi connectivity index (χ0v) is 29.7. The van der Waals surface area contributed by atoms with E-state index < -0.39 is 21.5 Å². The maximum atomic E-state index is 13.6. The number of carbonyl (C=O) groups excluding carboxylic acids is 1. The van der Waals surface area contributed by atoms with Gasteiger partial charge in [0, 0.05) is 30.1 Å². The lowest BCUT2D eigenvalue weighted by Gasteiger charge is -2.46. The maximum absolute atomic E-state index is 13.6. The zero-order valence-electron chi connectivity index (χ0n) is 28.1. The number of halogens is 1. The predicted molar refractivity (Wildman–Crippen MR) is 186 cm³/mol. The number of fused-ring (bicyclic) bond motifs is 4. The minimum atomic E-state index is -4.18. The highest BCUT2D eigenvalue weighted by Gasteiger charge is 2.45. The Hall–Kier alpha value is -2.63. The Balaban J connectivity index is 1.25. The molecule has 3 aliphatic heterocycles. The molecule has 2 fully saturated rings. The Kier molecular flexibility index (Phi) is 9.58. The highest BCUT2D eigenvalue weighted by Crippen LogP contribution is 2.47. The van der Waals surface area contributed by atoms with Crippen molar-refractivity contribution in [2.75, 3.05) is 57.4 Å². The molecule has 2 aromatic carbocycles. The van der Waals surface area contributed by atoms with Gasteiger partial charge in [0.05, 0.1) is 36.5 Å².